The second kappa shape index (κ2) is 11.1. The van der Waals surface area contributed by atoms with E-state index in [4.69, 9.17) is 0 Å². The zero-order chi connectivity index (χ0) is 32.3. The first-order valence-corrected chi connectivity index (χ1v) is 15.6. The van der Waals surface area contributed by atoms with Gasteiger partial charge in [-0.25, -0.2) is 0 Å². The lowest BCUT2D eigenvalue weighted by molar-refractivity contribution is -0.218. The van der Waals surface area contributed by atoms with Crippen molar-refractivity contribution in [2.24, 2.45) is 39.4 Å². The lowest BCUT2D eigenvalue weighted by Crippen LogP contribution is -2.82. The van der Waals surface area contributed by atoms with Crippen LogP contribution in [0.15, 0.2) is 65.8 Å². The molecule has 5 rings (SSSR count). The Balaban J connectivity index is 2.05. The molecular formula is C38H50O5. The summed E-state index contributed by atoms with van der Waals surface area (Å²) >= 11 is 0. The Morgan fingerprint density at radius 1 is 0.953 bits per heavy atom. The van der Waals surface area contributed by atoms with Crippen molar-refractivity contribution in [1.82, 2.24) is 0 Å². The predicted octanol–water partition coefficient (Wildman–Crippen LogP) is 8.26. The summed E-state index contributed by atoms with van der Waals surface area (Å²) in [6, 6.07) is 4.51. The van der Waals surface area contributed by atoms with E-state index in [-0.39, 0.29) is 53.5 Å². The Bertz CT molecular complexity index is 1450. The number of rotatable bonds is 11. The minimum atomic E-state index is -1.48. The van der Waals surface area contributed by atoms with Gasteiger partial charge in [0.15, 0.2) is 28.8 Å². The highest BCUT2D eigenvalue weighted by atomic mass is 16.3. The molecule has 1 aromatic carbocycles. The Hall–Kier alpha value is -3.21. The Morgan fingerprint density at radius 3 is 2.14 bits per heavy atom. The highest BCUT2D eigenvalue weighted by molar-refractivity contribution is 6.33. The molecule has 232 valence electrons. The summed E-state index contributed by atoms with van der Waals surface area (Å²) in [4.78, 5) is 45.9. The summed E-state index contributed by atoms with van der Waals surface area (Å²) in [7, 11) is 0. The number of ketones is 3. The number of allylic oxidation sites excluding steroid dienone is 6. The van der Waals surface area contributed by atoms with Gasteiger partial charge in [0.25, 0.3) is 0 Å². The van der Waals surface area contributed by atoms with E-state index < -0.39 is 27.6 Å². The SMILES string of the molecule is C=C(C)CC[C@H](C[C@@]12C[C@H]3[C@@H](C=C(C)C)[C@@](Cc4ccc(O)c(O)c4)(C1=O)C(=O)[C@@](CC=C(C)C)(C2=O)C3(C)C)C(=C)C. The van der Waals surface area contributed by atoms with Gasteiger partial charge in [-0.3, -0.25) is 14.4 Å². The third-order valence-electron chi connectivity index (χ3n) is 11.1. The summed E-state index contributed by atoms with van der Waals surface area (Å²) < 4.78 is 0. The molecule has 4 fully saturated rings. The zero-order valence-corrected chi connectivity index (χ0v) is 27.4. The number of phenolic OH excluding ortho intramolecular Hbond substituents is 2. The number of carbonyl (C=O) groups excluding carboxylic acids is 3. The molecule has 4 bridgehead atoms. The summed E-state index contributed by atoms with van der Waals surface area (Å²) in [5, 5.41) is 20.4. The fourth-order valence-corrected chi connectivity index (χ4v) is 8.80. The van der Waals surface area contributed by atoms with Crippen LogP contribution in [-0.2, 0) is 20.8 Å². The Morgan fingerprint density at radius 2 is 1.60 bits per heavy atom. The Labute approximate surface area is 257 Å². The van der Waals surface area contributed by atoms with Crippen molar-refractivity contribution in [1.29, 1.82) is 0 Å². The number of benzene rings is 1. The molecule has 0 aliphatic heterocycles. The number of aromatic hydroxyl groups is 2. The molecular weight excluding hydrogens is 536 g/mol. The summed E-state index contributed by atoms with van der Waals surface area (Å²) in [6.07, 6.45) is 6.68. The maximum Gasteiger partial charge on any atom is 0.161 e. The number of carbonyl (C=O) groups is 3. The molecule has 0 amide bonds. The minimum Gasteiger partial charge on any atom is -0.504 e. The molecule has 4 aliphatic rings. The molecule has 0 spiro atoms. The number of Topliss-reactive ketones (excluding diaryl/α,β-unsaturated/α-hetero) is 3. The lowest BCUT2D eigenvalue weighted by Gasteiger charge is -2.72. The van der Waals surface area contributed by atoms with Gasteiger partial charge < -0.3 is 10.2 Å². The van der Waals surface area contributed by atoms with Crippen molar-refractivity contribution in [3.63, 3.8) is 0 Å². The molecule has 1 aromatic rings. The van der Waals surface area contributed by atoms with Crippen LogP contribution in [0.1, 0.15) is 93.1 Å². The number of hydrogen-bond donors (Lipinski definition) is 2. The van der Waals surface area contributed by atoms with E-state index in [1.54, 1.807) is 6.07 Å². The third kappa shape index (κ3) is 4.78. The summed E-state index contributed by atoms with van der Waals surface area (Å²) in [5.74, 6) is -1.90. The van der Waals surface area contributed by atoms with Crippen LogP contribution < -0.4 is 0 Å². The van der Waals surface area contributed by atoms with Gasteiger partial charge in [0, 0.05) is 5.92 Å². The van der Waals surface area contributed by atoms with E-state index in [9.17, 15) is 10.2 Å². The summed E-state index contributed by atoms with van der Waals surface area (Å²) in [5.41, 5.74) is -0.247. The zero-order valence-electron chi connectivity index (χ0n) is 27.4. The van der Waals surface area contributed by atoms with Crippen LogP contribution in [0, 0.1) is 39.4 Å². The molecule has 0 heterocycles. The lowest BCUT2D eigenvalue weighted by atomic mass is 9.27. The first-order valence-electron chi connectivity index (χ1n) is 15.6. The Kier molecular flexibility index (Phi) is 8.41. The van der Waals surface area contributed by atoms with Gasteiger partial charge in [-0.15, -0.1) is 6.58 Å². The van der Waals surface area contributed by atoms with Gasteiger partial charge in [0.2, 0.25) is 0 Å². The van der Waals surface area contributed by atoms with Crippen LogP contribution in [-0.4, -0.2) is 27.6 Å². The highest BCUT2D eigenvalue weighted by Crippen LogP contribution is 2.75. The molecule has 4 saturated carbocycles. The van der Waals surface area contributed by atoms with E-state index in [2.05, 4.69) is 33.1 Å². The molecule has 0 unspecified atom stereocenters. The second-order valence-electron chi connectivity index (χ2n) is 15.0. The van der Waals surface area contributed by atoms with Crippen molar-refractivity contribution in [2.75, 3.05) is 0 Å². The van der Waals surface area contributed by atoms with Gasteiger partial charge in [-0.1, -0.05) is 60.9 Å². The van der Waals surface area contributed by atoms with E-state index >= 15 is 14.4 Å². The molecule has 6 atom stereocenters. The second-order valence-corrected chi connectivity index (χ2v) is 15.0. The molecule has 43 heavy (non-hydrogen) atoms. The number of phenols is 2. The van der Waals surface area contributed by atoms with Gasteiger partial charge >= 0.3 is 0 Å². The van der Waals surface area contributed by atoms with Gasteiger partial charge in [0.1, 0.15) is 0 Å². The normalized spacial score (nSPS) is 31.1. The summed E-state index contributed by atoms with van der Waals surface area (Å²) in [6.45, 7) is 24.3. The average molecular weight is 587 g/mol. The highest BCUT2D eigenvalue weighted by Gasteiger charge is 2.84. The van der Waals surface area contributed by atoms with E-state index in [1.165, 1.54) is 12.1 Å². The van der Waals surface area contributed by atoms with Crippen molar-refractivity contribution in [3.05, 3.63) is 71.4 Å². The maximum absolute atomic E-state index is 15.4. The van der Waals surface area contributed by atoms with Gasteiger partial charge in [0.05, 0.1) is 16.2 Å². The first kappa shape index (κ1) is 32.7. The van der Waals surface area contributed by atoms with Crippen LogP contribution in [0.5, 0.6) is 11.5 Å². The first-order chi connectivity index (χ1) is 19.9. The van der Waals surface area contributed by atoms with Crippen LogP contribution in [0.2, 0.25) is 0 Å². The van der Waals surface area contributed by atoms with Crippen LogP contribution in [0.3, 0.4) is 0 Å². The molecule has 0 radical (unpaired) electrons. The fraction of sp³-hybridized carbons (Fsp3) is 0.553. The standard InChI is InChI=1S/C38H50O5/c1-22(2)11-13-27(25(7)8)20-36-21-29-28(17-24(5)6)37(32(36)41,19-26-12-14-30(39)31(40)18-26)34(43)38(33(36)42,35(29,9)10)16-15-23(3)4/h12,14-15,17-18,27-29,39-40H,1,7,11,13,16,19-21H2,2-6,8-10H3/t27-,28-,29+,36-,37+,38-/m1/s1. The van der Waals surface area contributed by atoms with E-state index in [0.29, 0.717) is 18.4 Å². The smallest absolute Gasteiger partial charge is 0.161 e. The maximum atomic E-state index is 15.4. The van der Waals surface area contributed by atoms with Crippen molar-refractivity contribution >= 4 is 17.3 Å². The molecule has 4 aliphatic carbocycles. The van der Waals surface area contributed by atoms with Crippen LogP contribution in [0.4, 0.5) is 0 Å². The molecule has 2 N–H and O–H groups in total. The molecule has 0 aromatic heterocycles. The number of hydrogen-bond acceptors (Lipinski definition) is 5. The monoisotopic (exact) mass is 586 g/mol. The molecule has 5 nitrogen and oxygen atoms in total. The quantitative estimate of drug-likeness (QED) is 0.155. The van der Waals surface area contributed by atoms with Crippen LogP contribution in [0.25, 0.3) is 0 Å². The largest absolute Gasteiger partial charge is 0.504 e. The van der Waals surface area contributed by atoms with E-state index in [1.807, 2.05) is 47.6 Å². The molecule has 5 heteroatoms. The molecule has 0 saturated heterocycles. The van der Waals surface area contributed by atoms with Gasteiger partial charge in [-0.05, 0) is 115 Å². The van der Waals surface area contributed by atoms with Crippen molar-refractivity contribution in [3.8, 4) is 11.5 Å². The topological polar surface area (TPSA) is 91.7 Å². The minimum absolute atomic E-state index is 0.0641. The van der Waals surface area contributed by atoms with Crippen LogP contribution >= 0.6 is 0 Å². The van der Waals surface area contributed by atoms with E-state index in [0.717, 1.165) is 35.1 Å². The van der Waals surface area contributed by atoms with Gasteiger partial charge in [-0.2, -0.15) is 0 Å². The predicted molar refractivity (Wildman–Crippen MR) is 172 cm³/mol. The average Bonchev–Trinajstić information content (AvgIpc) is 2.89. The van der Waals surface area contributed by atoms with Crippen molar-refractivity contribution < 1.29 is 24.6 Å². The van der Waals surface area contributed by atoms with Crippen molar-refractivity contribution in [2.45, 2.75) is 93.9 Å². The third-order valence-corrected chi connectivity index (χ3v) is 11.1. The fourth-order valence-electron chi connectivity index (χ4n) is 8.80.